The number of amides is 1. The lowest BCUT2D eigenvalue weighted by molar-refractivity contribution is -0.114. The fraction of sp³-hybridized carbons (Fsp3) is 0.611. The lowest BCUT2D eigenvalue weighted by Crippen LogP contribution is -2.24. The van der Waals surface area contributed by atoms with E-state index in [2.05, 4.69) is 17.0 Å². The quantitative estimate of drug-likeness (QED) is 0.556. The first kappa shape index (κ1) is 20.6. The van der Waals surface area contributed by atoms with Crippen LogP contribution in [0.4, 0.5) is 5.69 Å². The van der Waals surface area contributed by atoms with Crippen molar-refractivity contribution < 1.29 is 13.2 Å². The highest BCUT2D eigenvalue weighted by molar-refractivity contribution is 7.89. The normalized spacial score (nSPS) is 11.4. The Balaban J connectivity index is 2.27. The van der Waals surface area contributed by atoms with Crippen LogP contribution in [0.15, 0.2) is 29.2 Å². The summed E-state index contributed by atoms with van der Waals surface area (Å²) in [6, 6.07) is 6.18. The van der Waals surface area contributed by atoms with E-state index in [0.717, 1.165) is 19.3 Å². The third-order valence-corrected chi connectivity index (χ3v) is 5.28. The molecule has 2 N–H and O–H groups in total. The topological polar surface area (TPSA) is 75.3 Å². The van der Waals surface area contributed by atoms with Gasteiger partial charge >= 0.3 is 0 Å². The Morgan fingerprint density at radius 1 is 0.917 bits per heavy atom. The van der Waals surface area contributed by atoms with Gasteiger partial charge in [-0.25, -0.2) is 13.1 Å². The molecular formula is C18H30N2O3S. The Bertz CT molecular complexity index is 583. The van der Waals surface area contributed by atoms with Gasteiger partial charge in [-0.1, -0.05) is 51.9 Å². The predicted molar refractivity (Wildman–Crippen MR) is 98.5 cm³/mol. The van der Waals surface area contributed by atoms with Gasteiger partial charge in [-0.05, 0) is 30.7 Å². The van der Waals surface area contributed by atoms with Gasteiger partial charge in [-0.15, -0.1) is 0 Å². The second-order valence-electron chi connectivity index (χ2n) is 6.08. The fourth-order valence-corrected chi connectivity index (χ4v) is 3.54. The van der Waals surface area contributed by atoms with Crippen molar-refractivity contribution in [2.45, 2.75) is 70.1 Å². The minimum Gasteiger partial charge on any atom is -0.326 e. The van der Waals surface area contributed by atoms with Crippen molar-refractivity contribution in [2.24, 2.45) is 0 Å². The maximum absolute atomic E-state index is 12.2. The number of nitrogens with one attached hydrogen (secondary N) is 2. The molecule has 0 bridgehead atoms. The van der Waals surface area contributed by atoms with Gasteiger partial charge in [0.05, 0.1) is 4.90 Å². The van der Waals surface area contributed by atoms with Gasteiger partial charge < -0.3 is 5.32 Å². The van der Waals surface area contributed by atoms with Crippen LogP contribution < -0.4 is 10.0 Å². The molecule has 1 aromatic rings. The van der Waals surface area contributed by atoms with E-state index in [1.54, 1.807) is 12.1 Å². The van der Waals surface area contributed by atoms with Crippen LogP contribution in [-0.2, 0) is 14.8 Å². The zero-order chi connectivity index (χ0) is 17.8. The van der Waals surface area contributed by atoms with Gasteiger partial charge in [0.25, 0.3) is 0 Å². The van der Waals surface area contributed by atoms with Gasteiger partial charge in [0, 0.05) is 19.2 Å². The summed E-state index contributed by atoms with van der Waals surface area (Å²) in [7, 11) is -3.47. The maximum Gasteiger partial charge on any atom is 0.240 e. The van der Waals surface area contributed by atoms with Crippen LogP contribution >= 0.6 is 0 Å². The number of carbonyl (C=O) groups excluding carboxylic acids is 1. The van der Waals surface area contributed by atoms with Gasteiger partial charge in [0.15, 0.2) is 0 Å². The van der Waals surface area contributed by atoms with Crippen LogP contribution in [0, 0.1) is 0 Å². The average molecular weight is 355 g/mol. The summed E-state index contributed by atoms with van der Waals surface area (Å²) in [4.78, 5) is 11.2. The van der Waals surface area contributed by atoms with Crippen molar-refractivity contribution in [2.75, 3.05) is 11.9 Å². The van der Waals surface area contributed by atoms with E-state index in [-0.39, 0.29) is 10.8 Å². The van der Waals surface area contributed by atoms with Crippen molar-refractivity contribution in [3.63, 3.8) is 0 Å². The van der Waals surface area contributed by atoms with Crippen molar-refractivity contribution in [3.8, 4) is 0 Å². The van der Waals surface area contributed by atoms with E-state index < -0.39 is 10.0 Å². The highest BCUT2D eigenvalue weighted by Crippen LogP contribution is 2.14. The molecule has 1 rings (SSSR count). The number of rotatable bonds is 12. The number of carbonyl (C=O) groups is 1. The molecule has 1 amide bonds. The highest BCUT2D eigenvalue weighted by atomic mass is 32.2. The molecule has 24 heavy (non-hydrogen) atoms. The number of anilines is 1. The van der Waals surface area contributed by atoms with E-state index in [0.29, 0.717) is 12.2 Å². The van der Waals surface area contributed by atoms with E-state index in [4.69, 9.17) is 0 Å². The molecule has 0 aliphatic heterocycles. The van der Waals surface area contributed by atoms with Gasteiger partial charge in [-0.3, -0.25) is 4.79 Å². The van der Waals surface area contributed by atoms with E-state index in [1.807, 2.05) is 0 Å². The molecule has 0 atom stereocenters. The van der Waals surface area contributed by atoms with Crippen LogP contribution in [0.1, 0.15) is 65.2 Å². The van der Waals surface area contributed by atoms with Crippen molar-refractivity contribution in [3.05, 3.63) is 24.3 Å². The van der Waals surface area contributed by atoms with Gasteiger partial charge in [0.2, 0.25) is 15.9 Å². The molecule has 0 aliphatic rings. The molecule has 5 nitrogen and oxygen atoms in total. The summed E-state index contributed by atoms with van der Waals surface area (Å²) in [5.41, 5.74) is 0.588. The minimum absolute atomic E-state index is 0.182. The first-order chi connectivity index (χ1) is 11.5. The van der Waals surface area contributed by atoms with Crippen LogP contribution in [-0.4, -0.2) is 20.9 Å². The van der Waals surface area contributed by atoms with Crippen molar-refractivity contribution in [1.29, 1.82) is 0 Å². The molecule has 6 heteroatoms. The Kier molecular flexibility index (Phi) is 9.64. The van der Waals surface area contributed by atoms with E-state index in [9.17, 15) is 13.2 Å². The number of benzene rings is 1. The van der Waals surface area contributed by atoms with Crippen LogP contribution in [0.2, 0.25) is 0 Å². The standard InChI is InChI=1S/C18H30N2O3S/c1-3-4-5-6-7-8-9-10-15-19-24(22,23)18-13-11-17(12-14-18)20-16(2)21/h11-14,19H,3-10,15H2,1-2H3,(H,20,21). The van der Waals surface area contributed by atoms with Crippen LogP contribution in [0.5, 0.6) is 0 Å². The Morgan fingerprint density at radius 2 is 1.46 bits per heavy atom. The molecular weight excluding hydrogens is 324 g/mol. The summed E-state index contributed by atoms with van der Waals surface area (Å²) >= 11 is 0. The Hall–Kier alpha value is -1.40. The second kappa shape index (κ2) is 11.2. The average Bonchev–Trinajstić information content (AvgIpc) is 2.53. The third-order valence-electron chi connectivity index (χ3n) is 3.81. The molecule has 0 spiro atoms. The first-order valence-electron chi connectivity index (χ1n) is 8.83. The predicted octanol–water partition coefficient (Wildman–Crippen LogP) is 4.06. The summed E-state index contributed by atoms with van der Waals surface area (Å²) in [5, 5.41) is 2.61. The third kappa shape index (κ3) is 8.45. The molecule has 0 radical (unpaired) electrons. The lowest BCUT2D eigenvalue weighted by atomic mass is 10.1. The number of unbranched alkanes of at least 4 members (excludes halogenated alkanes) is 7. The zero-order valence-corrected chi connectivity index (χ0v) is 15.6. The van der Waals surface area contributed by atoms with Gasteiger partial charge in [-0.2, -0.15) is 0 Å². The summed E-state index contributed by atoms with van der Waals surface area (Å²) in [5.74, 6) is -0.182. The second-order valence-corrected chi connectivity index (χ2v) is 7.85. The lowest BCUT2D eigenvalue weighted by Gasteiger charge is -2.08. The number of hydrogen-bond acceptors (Lipinski definition) is 3. The Morgan fingerprint density at radius 3 is 2.00 bits per heavy atom. The molecule has 0 saturated carbocycles. The van der Waals surface area contributed by atoms with Crippen LogP contribution in [0.3, 0.4) is 0 Å². The zero-order valence-electron chi connectivity index (χ0n) is 14.8. The molecule has 0 fully saturated rings. The van der Waals surface area contributed by atoms with Crippen molar-refractivity contribution in [1.82, 2.24) is 4.72 Å². The fourth-order valence-electron chi connectivity index (χ4n) is 2.47. The SMILES string of the molecule is CCCCCCCCCCNS(=O)(=O)c1ccc(NC(C)=O)cc1. The molecule has 1 aromatic carbocycles. The summed E-state index contributed by atoms with van der Waals surface area (Å²) in [6.07, 6.45) is 9.45. The molecule has 0 heterocycles. The summed E-state index contributed by atoms with van der Waals surface area (Å²) in [6.45, 7) is 4.08. The largest absolute Gasteiger partial charge is 0.326 e. The molecule has 0 aliphatic carbocycles. The smallest absolute Gasteiger partial charge is 0.240 e. The monoisotopic (exact) mass is 354 g/mol. The van der Waals surface area contributed by atoms with Crippen molar-refractivity contribution >= 4 is 21.6 Å². The van der Waals surface area contributed by atoms with E-state index >= 15 is 0 Å². The summed E-state index contributed by atoms with van der Waals surface area (Å²) < 4.78 is 27.0. The Labute approximate surface area is 146 Å². The molecule has 0 saturated heterocycles. The molecule has 0 unspecified atom stereocenters. The van der Waals surface area contributed by atoms with E-state index in [1.165, 1.54) is 51.2 Å². The molecule has 136 valence electrons. The maximum atomic E-state index is 12.2. The van der Waals surface area contributed by atoms with Gasteiger partial charge in [0.1, 0.15) is 0 Å². The number of sulfonamides is 1. The highest BCUT2D eigenvalue weighted by Gasteiger charge is 2.12. The number of hydrogen-bond donors (Lipinski definition) is 2. The minimum atomic E-state index is -3.47. The van der Waals surface area contributed by atoms with Crippen LogP contribution in [0.25, 0.3) is 0 Å². The first-order valence-corrected chi connectivity index (χ1v) is 10.3. The molecule has 0 aromatic heterocycles.